The average molecular weight is 318 g/mol. The van der Waals surface area contributed by atoms with Gasteiger partial charge in [0.2, 0.25) is 0 Å². The predicted molar refractivity (Wildman–Crippen MR) is 82.9 cm³/mol. The Balaban J connectivity index is 2.16. The van der Waals surface area contributed by atoms with Crippen LogP contribution >= 0.6 is 0 Å². The summed E-state index contributed by atoms with van der Waals surface area (Å²) in [6.07, 6.45) is 2.27. The molecule has 0 aromatic carbocycles. The molecular formula is C15H18N4O4. The third kappa shape index (κ3) is 2.72. The third-order valence-corrected chi connectivity index (χ3v) is 4.05. The molecule has 0 aliphatic carbocycles. The number of amides is 1. The quantitative estimate of drug-likeness (QED) is 0.570. The molecule has 3 rings (SSSR count). The van der Waals surface area contributed by atoms with Gasteiger partial charge in [0.15, 0.2) is 0 Å². The number of hydrogen-bond acceptors (Lipinski definition) is 6. The Labute approximate surface area is 131 Å². The Hall–Kier alpha value is -2.29. The van der Waals surface area contributed by atoms with E-state index in [0.717, 1.165) is 17.5 Å². The fourth-order valence-corrected chi connectivity index (χ4v) is 2.91. The zero-order chi connectivity index (χ0) is 16.4. The van der Waals surface area contributed by atoms with Gasteiger partial charge >= 0.3 is 0 Å². The highest BCUT2D eigenvalue weighted by molar-refractivity contribution is 5.99. The molecule has 1 unspecified atom stereocenters. The van der Waals surface area contributed by atoms with Crippen molar-refractivity contribution < 1.29 is 15.0 Å². The third-order valence-electron chi connectivity index (χ3n) is 4.05. The summed E-state index contributed by atoms with van der Waals surface area (Å²) in [6.45, 7) is 0.391. The zero-order valence-electron chi connectivity index (χ0n) is 12.5. The summed E-state index contributed by atoms with van der Waals surface area (Å²) in [5.74, 6) is -0.541. The number of aliphatic hydroxyl groups is 2. The molecule has 2 aromatic rings. The molecule has 1 atom stereocenters. The van der Waals surface area contributed by atoms with Gasteiger partial charge in [-0.2, -0.15) is 0 Å². The number of aliphatic hydroxyl groups excluding tert-OH is 2. The number of nitrogens with one attached hydrogen (secondary N) is 2. The van der Waals surface area contributed by atoms with E-state index in [1.54, 1.807) is 12.1 Å². The first-order valence-electron chi connectivity index (χ1n) is 7.41. The van der Waals surface area contributed by atoms with Gasteiger partial charge in [-0.25, -0.2) is 4.98 Å². The second kappa shape index (κ2) is 6.45. The smallest absolute Gasteiger partial charge is 0.267 e. The van der Waals surface area contributed by atoms with Crippen LogP contribution in [0.5, 0.6) is 0 Å². The van der Waals surface area contributed by atoms with E-state index >= 15 is 0 Å². The summed E-state index contributed by atoms with van der Waals surface area (Å²) in [7, 11) is 0. The number of rotatable bonds is 4. The Morgan fingerprint density at radius 3 is 2.96 bits per heavy atom. The molecule has 1 aliphatic rings. The number of aromatic nitrogens is 2. The number of fused-ring (bicyclic) bond motifs is 1. The molecule has 8 heteroatoms. The van der Waals surface area contributed by atoms with Crippen molar-refractivity contribution in [1.82, 2.24) is 20.2 Å². The summed E-state index contributed by atoms with van der Waals surface area (Å²) >= 11 is 0. The highest BCUT2D eigenvalue weighted by Gasteiger charge is 2.25. The van der Waals surface area contributed by atoms with Gasteiger partial charge in [-0.1, -0.05) is 0 Å². The lowest BCUT2D eigenvalue weighted by Crippen LogP contribution is -2.41. The van der Waals surface area contributed by atoms with Crippen LogP contribution in [0.25, 0.3) is 11.0 Å². The largest absolute Gasteiger partial charge is 0.392 e. The summed E-state index contributed by atoms with van der Waals surface area (Å²) in [6, 6.07) is 3.25. The summed E-state index contributed by atoms with van der Waals surface area (Å²) in [4.78, 5) is 29.2. The lowest BCUT2D eigenvalue weighted by atomic mass is 10.0. The maximum atomic E-state index is 12.6. The maximum Gasteiger partial charge on any atom is 0.267 e. The Morgan fingerprint density at radius 1 is 1.48 bits per heavy atom. The molecular weight excluding hydrogens is 300 g/mol. The van der Waals surface area contributed by atoms with E-state index in [0.29, 0.717) is 11.9 Å². The van der Waals surface area contributed by atoms with E-state index < -0.39 is 24.8 Å². The highest BCUT2D eigenvalue weighted by Crippen LogP contribution is 2.19. The number of carbonyl (C=O) groups excluding carboxylic acids is 1. The number of hydrogen-bond donors (Lipinski definition) is 4. The molecule has 122 valence electrons. The number of nitrogens with zero attached hydrogens (tertiary/aromatic N) is 2. The van der Waals surface area contributed by atoms with E-state index in [9.17, 15) is 19.8 Å². The monoisotopic (exact) mass is 318 g/mol. The van der Waals surface area contributed by atoms with E-state index in [1.165, 1.54) is 6.20 Å². The van der Waals surface area contributed by atoms with Gasteiger partial charge < -0.3 is 20.8 Å². The van der Waals surface area contributed by atoms with Crippen molar-refractivity contribution in [2.45, 2.75) is 25.8 Å². The maximum absolute atomic E-state index is 12.6. The number of carbonyl (C=O) groups is 1. The SMILES string of the molecule is O=C(NC1CCNC1)c1c(CO)c2cccnc2n(CO)c1=O. The molecule has 2 aromatic heterocycles. The van der Waals surface area contributed by atoms with Crippen LogP contribution in [0, 0.1) is 0 Å². The standard InChI is InChI=1S/C15H18N4O4/c20-7-11-10-2-1-4-17-13(10)19(8-21)15(23)12(11)14(22)18-9-3-5-16-6-9/h1-2,4,9,16,20-21H,3,5-8H2,(H,18,22). The minimum absolute atomic E-state index is 0.0550. The van der Waals surface area contributed by atoms with E-state index in [-0.39, 0.29) is 22.8 Å². The van der Waals surface area contributed by atoms with Gasteiger partial charge in [0.05, 0.1) is 6.61 Å². The van der Waals surface area contributed by atoms with Crippen molar-refractivity contribution in [3.05, 3.63) is 39.8 Å². The fraction of sp³-hybridized carbons (Fsp3) is 0.400. The Morgan fingerprint density at radius 2 is 2.30 bits per heavy atom. The van der Waals surface area contributed by atoms with Crippen molar-refractivity contribution in [1.29, 1.82) is 0 Å². The molecule has 0 radical (unpaired) electrons. The molecule has 23 heavy (non-hydrogen) atoms. The summed E-state index contributed by atoms with van der Waals surface area (Å²) in [5, 5.41) is 25.6. The second-order valence-electron chi connectivity index (χ2n) is 5.42. The molecule has 0 bridgehead atoms. The molecule has 3 heterocycles. The van der Waals surface area contributed by atoms with E-state index in [4.69, 9.17) is 0 Å². The van der Waals surface area contributed by atoms with Crippen LogP contribution in [0.15, 0.2) is 23.1 Å². The van der Waals surface area contributed by atoms with E-state index in [2.05, 4.69) is 15.6 Å². The van der Waals surface area contributed by atoms with Crippen molar-refractivity contribution in [3.8, 4) is 0 Å². The second-order valence-corrected chi connectivity index (χ2v) is 5.42. The van der Waals surface area contributed by atoms with Gasteiger partial charge in [0.1, 0.15) is 17.9 Å². The Kier molecular flexibility index (Phi) is 4.37. The van der Waals surface area contributed by atoms with Crippen LogP contribution in [0.4, 0.5) is 0 Å². The molecule has 8 nitrogen and oxygen atoms in total. The lowest BCUT2D eigenvalue weighted by molar-refractivity contribution is 0.0934. The molecule has 1 aliphatic heterocycles. The molecule has 0 spiro atoms. The Bertz CT molecular complexity index is 796. The van der Waals surface area contributed by atoms with Crippen LogP contribution in [-0.2, 0) is 13.3 Å². The van der Waals surface area contributed by atoms with Gasteiger partial charge in [-0.05, 0) is 25.1 Å². The van der Waals surface area contributed by atoms with Crippen LogP contribution < -0.4 is 16.2 Å². The molecule has 0 saturated carbocycles. The topological polar surface area (TPSA) is 116 Å². The normalized spacial score (nSPS) is 17.6. The van der Waals surface area contributed by atoms with Crippen LogP contribution in [0.1, 0.15) is 22.3 Å². The fourth-order valence-electron chi connectivity index (χ4n) is 2.91. The van der Waals surface area contributed by atoms with Gasteiger partial charge in [0.25, 0.3) is 11.5 Å². The summed E-state index contributed by atoms with van der Waals surface area (Å²) in [5.41, 5.74) is -0.338. The van der Waals surface area contributed by atoms with Crippen LogP contribution in [0.3, 0.4) is 0 Å². The molecule has 1 fully saturated rings. The van der Waals surface area contributed by atoms with Crippen LogP contribution in [0.2, 0.25) is 0 Å². The highest BCUT2D eigenvalue weighted by atomic mass is 16.3. The van der Waals surface area contributed by atoms with E-state index in [1.807, 2.05) is 0 Å². The van der Waals surface area contributed by atoms with Crippen molar-refractivity contribution in [2.24, 2.45) is 0 Å². The van der Waals surface area contributed by atoms with Crippen molar-refractivity contribution in [2.75, 3.05) is 13.1 Å². The molecule has 1 saturated heterocycles. The predicted octanol–water partition coefficient (Wildman–Crippen LogP) is -1.07. The molecule has 1 amide bonds. The summed E-state index contributed by atoms with van der Waals surface area (Å²) < 4.78 is 1.02. The molecule has 4 N–H and O–H groups in total. The van der Waals surface area contributed by atoms with Gasteiger partial charge in [-0.15, -0.1) is 0 Å². The van der Waals surface area contributed by atoms with Crippen molar-refractivity contribution >= 4 is 16.9 Å². The van der Waals surface area contributed by atoms with Gasteiger partial charge in [-0.3, -0.25) is 14.2 Å². The first-order valence-corrected chi connectivity index (χ1v) is 7.41. The minimum Gasteiger partial charge on any atom is -0.392 e. The number of pyridine rings is 2. The first kappa shape index (κ1) is 15.6. The van der Waals surface area contributed by atoms with Crippen molar-refractivity contribution in [3.63, 3.8) is 0 Å². The van der Waals surface area contributed by atoms with Gasteiger partial charge in [0, 0.05) is 29.7 Å². The zero-order valence-corrected chi connectivity index (χ0v) is 12.5. The first-order chi connectivity index (χ1) is 11.2. The van der Waals surface area contributed by atoms with Crippen LogP contribution in [-0.4, -0.2) is 44.8 Å². The minimum atomic E-state index is -0.661. The average Bonchev–Trinajstić information content (AvgIpc) is 3.06. The lowest BCUT2D eigenvalue weighted by Gasteiger charge is -2.16.